The Kier molecular flexibility index (Phi) is 8.60. The van der Waals surface area contributed by atoms with Crippen molar-refractivity contribution in [3.63, 3.8) is 0 Å². The SMILES string of the molecule is CN(CC1=CNC(Cl)C=C1)C(=O)c1ccc(CCNCC(O)C2=CC=C(Cl)NC2)cc1. The van der Waals surface area contributed by atoms with E-state index in [4.69, 9.17) is 23.2 Å². The van der Waals surface area contributed by atoms with Crippen LogP contribution < -0.4 is 16.0 Å². The molecule has 2 atom stereocenters. The van der Waals surface area contributed by atoms with Crippen molar-refractivity contribution in [3.05, 3.63) is 82.2 Å². The van der Waals surface area contributed by atoms with Crippen molar-refractivity contribution in [1.29, 1.82) is 0 Å². The zero-order valence-corrected chi connectivity index (χ0v) is 19.0. The lowest BCUT2D eigenvalue weighted by Gasteiger charge is -2.20. The van der Waals surface area contributed by atoms with Gasteiger partial charge >= 0.3 is 0 Å². The van der Waals surface area contributed by atoms with Crippen LogP contribution in [0.5, 0.6) is 0 Å². The highest BCUT2D eigenvalue weighted by atomic mass is 35.5. The first-order chi connectivity index (χ1) is 14.9. The van der Waals surface area contributed by atoms with E-state index < -0.39 is 6.10 Å². The molecule has 1 amide bonds. The Morgan fingerprint density at radius 3 is 2.74 bits per heavy atom. The fourth-order valence-electron chi connectivity index (χ4n) is 3.29. The summed E-state index contributed by atoms with van der Waals surface area (Å²) >= 11 is 11.8. The molecule has 6 nitrogen and oxygen atoms in total. The molecule has 0 radical (unpaired) electrons. The van der Waals surface area contributed by atoms with Gasteiger partial charge < -0.3 is 26.0 Å². The number of carbonyl (C=O) groups excluding carboxylic acids is 1. The van der Waals surface area contributed by atoms with Crippen molar-refractivity contribution < 1.29 is 9.90 Å². The highest BCUT2D eigenvalue weighted by Crippen LogP contribution is 2.12. The van der Waals surface area contributed by atoms with E-state index in [-0.39, 0.29) is 11.4 Å². The van der Waals surface area contributed by atoms with E-state index in [0.717, 1.165) is 29.7 Å². The summed E-state index contributed by atoms with van der Waals surface area (Å²) in [5, 5.41) is 20.1. The molecule has 0 bridgehead atoms. The minimum atomic E-state index is -0.552. The van der Waals surface area contributed by atoms with Gasteiger partial charge in [0.15, 0.2) is 0 Å². The van der Waals surface area contributed by atoms with Gasteiger partial charge in [-0.3, -0.25) is 4.79 Å². The third kappa shape index (κ3) is 7.14. The number of nitrogens with one attached hydrogen (secondary N) is 3. The lowest BCUT2D eigenvalue weighted by molar-refractivity contribution is 0.0807. The number of dihydropyridines is 2. The molecule has 0 aromatic heterocycles. The number of alkyl halides is 1. The fraction of sp³-hybridized carbons (Fsp3) is 0.348. The smallest absolute Gasteiger partial charge is 0.253 e. The molecule has 8 heteroatoms. The van der Waals surface area contributed by atoms with Gasteiger partial charge in [-0.1, -0.05) is 47.5 Å². The summed E-state index contributed by atoms with van der Waals surface area (Å²) in [6, 6.07) is 7.66. The maximum atomic E-state index is 12.7. The Bertz CT molecular complexity index is 893. The van der Waals surface area contributed by atoms with Crippen LogP contribution in [0.25, 0.3) is 0 Å². The summed E-state index contributed by atoms with van der Waals surface area (Å²) in [6.07, 6.45) is 9.47. The number of hydrogen-bond donors (Lipinski definition) is 4. The molecule has 1 aromatic rings. The molecule has 2 aliphatic rings. The quantitative estimate of drug-likeness (QED) is 0.257. The van der Waals surface area contributed by atoms with Gasteiger partial charge in [-0.25, -0.2) is 0 Å². The maximum absolute atomic E-state index is 12.7. The van der Waals surface area contributed by atoms with Crippen LogP contribution in [0.4, 0.5) is 0 Å². The van der Waals surface area contributed by atoms with Crippen molar-refractivity contribution in [2.45, 2.75) is 18.0 Å². The first-order valence-electron chi connectivity index (χ1n) is 10.2. The highest BCUT2D eigenvalue weighted by molar-refractivity contribution is 6.29. The number of allylic oxidation sites excluding steroid dienone is 2. The Balaban J connectivity index is 1.41. The molecule has 0 saturated heterocycles. The summed E-state index contributed by atoms with van der Waals surface area (Å²) in [5.74, 6) is -0.0291. The molecule has 4 N–H and O–H groups in total. The largest absolute Gasteiger partial charge is 0.387 e. The summed E-state index contributed by atoms with van der Waals surface area (Å²) in [5.41, 5.74) is 3.48. The molecule has 0 fully saturated rings. The van der Waals surface area contributed by atoms with E-state index in [0.29, 0.717) is 30.4 Å². The van der Waals surface area contributed by atoms with Crippen LogP contribution in [-0.2, 0) is 6.42 Å². The Morgan fingerprint density at radius 2 is 2.10 bits per heavy atom. The number of aliphatic hydroxyl groups excluding tert-OH is 1. The van der Waals surface area contributed by atoms with Crippen LogP contribution in [0, 0.1) is 0 Å². The molecular weight excluding hydrogens is 435 g/mol. The summed E-state index contributed by atoms with van der Waals surface area (Å²) < 4.78 is 0. The van der Waals surface area contributed by atoms with Gasteiger partial charge in [0.2, 0.25) is 0 Å². The number of hydrogen-bond acceptors (Lipinski definition) is 5. The fourth-order valence-corrected chi connectivity index (χ4v) is 3.56. The van der Waals surface area contributed by atoms with Crippen molar-refractivity contribution in [3.8, 4) is 0 Å². The first kappa shape index (κ1) is 23.4. The van der Waals surface area contributed by atoms with Gasteiger partial charge in [-0.2, -0.15) is 0 Å². The van der Waals surface area contributed by atoms with Crippen LogP contribution in [0.2, 0.25) is 0 Å². The molecule has 3 rings (SSSR count). The van der Waals surface area contributed by atoms with Crippen LogP contribution in [0.1, 0.15) is 15.9 Å². The topological polar surface area (TPSA) is 76.6 Å². The zero-order valence-electron chi connectivity index (χ0n) is 17.4. The highest BCUT2D eigenvalue weighted by Gasteiger charge is 2.15. The number of nitrogens with zero attached hydrogens (tertiary/aromatic N) is 1. The van der Waals surface area contributed by atoms with Crippen LogP contribution in [0.15, 0.2) is 71.1 Å². The number of carbonyl (C=O) groups is 1. The number of likely N-dealkylation sites (N-methyl/N-ethyl adjacent to an activating group) is 1. The third-order valence-corrected chi connectivity index (χ3v) is 5.67. The lowest BCUT2D eigenvalue weighted by atomic mass is 10.1. The molecule has 166 valence electrons. The van der Waals surface area contributed by atoms with E-state index in [1.165, 1.54) is 0 Å². The molecule has 2 aliphatic heterocycles. The number of rotatable bonds is 9. The number of benzene rings is 1. The van der Waals surface area contributed by atoms with Crippen molar-refractivity contribution >= 4 is 29.1 Å². The monoisotopic (exact) mass is 462 g/mol. The minimum Gasteiger partial charge on any atom is -0.387 e. The van der Waals surface area contributed by atoms with Gasteiger partial charge in [0.05, 0.1) is 6.10 Å². The van der Waals surface area contributed by atoms with E-state index >= 15 is 0 Å². The Hall–Kier alpha value is -2.25. The number of aliphatic hydroxyl groups is 1. The molecule has 0 aliphatic carbocycles. The average molecular weight is 463 g/mol. The summed E-state index contributed by atoms with van der Waals surface area (Å²) in [6.45, 7) is 2.27. The summed E-state index contributed by atoms with van der Waals surface area (Å²) in [4.78, 5) is 14.3. The maximum Gasteiger partial charge on any atom is 0.253 e. The molecule has 31 heavy (non-hydrogen) atoms. The standard InChI is InChI=1S/C23H28Cl2N4O2/c1-29(15-17-4-8-21(24)27-12-17)23(31)18-5-2-16(3-6-18)10-11-26-14-20(30)19-7-9-22(25)28-13-19/h2-9,12,20-21,26-28,30H,10-11,13-15H2,1H3. The van der Waals surface area contributed by atoms with Gasteiger partial charge in [0, 0.05) is 38.4 Å². The van der Waals surface area contributed by atoms with E-state index in [1.807, 2.05) is 48.7 Å². The van der Waals surface area contributed by atoms with Crippen LogP contribution >= 0.6 is 23.2 Å². The molecule has 0 spiro atoms. The first-order valence-corrected chi connectivity index (χ1v) is 11.0. The van der Waals surface area contributed by atoms with Gasteiger partial charge in [-0.05, 0) is 54.0 Å². The normalized spacial score (nSPS) is 18.8. The Labute approximate surface area is 193 Å². The van der Waals surface area contributed by atoms with E-state index in [2.05, 4.69) is 16.0 Å². The van der Waals surface area contributed by atoms with Crippen LogP contribution in [0.3, 0.4) is 0 Å². The number of amides is 1. The number of halogens is 2. The van der Waals surface area contributed by atoms with Gasteiger partial charge in [0.25, 0.3) is 5.91 Å². The van der Waals surface area contributed by atoms with Crippen molar-refractivity contribution in [1.82, 2.24) is 20.9 Å². The molecule has 0 saturated carbocycles. The predicted molar refractivity (Wildman–Crippen MR) is 126 cm³/mol. The van der Waals surface area contributed by atoms with Gasteiger partial charge in [0.1, 0.15) is 10.7 Å². The molecular formula is C23H28Cl2N4O2. The Morgan fingerprint density at radius 1 is 1.32 bits per heavy atom. The average Bonchev–Trinajstić information content (AvgIpc) is 2.78. The molecule has 2 unspecified atom stereocenters. The minimum absolute atomic E-state index is 0.0291. The second kappa shape index (κ2) is 11.4. The lowest BCUT2D eigenvalue weighted by Crippen LogP contribution is -2.33. The van der Waals surface area contributed by atoms with E-state index in [1.54, 1.807) is 18.0 Å². The van der Waals surface area contributed by atoms with Crippen molar-refractivity contribution in [2.75, 3.05) is 33.2 Å². The summed E-state index contributed by atoms with van der Waals surface area (Å²) in [7, 11) is 1.79. The van der Waals surface area contributed by atoms with Crippen LogP contribution in [-0.4, -0.2) is 60.7 Å². The second-order valence-electron chi connectivity index (χ2n) is 7.58. The zero-order chi connectivity index (χ0) is 22.2. The third-order valence-electron chi connectivity index (χ3n) is 5.14. The van der Waals surface area contributed by atoms with Gasteiger partial charge in [-0.15, -0.1) is 0 Å². The van der Waals surface area contributed by atoms with E-state index in [9.17, 15) is 9.90 Å². The second-order valence-corrected chi connectivity index (χ2v) is 8.46. The van der Waals surface area contributed by atoms with Crippen molar-refractivity contribution in [2.24, 2.45) is 0 Å². The predicted octanol–water partition coefficient (Wildman–Crippen LogP) is 2.47. The molecule has 1 aromatic carbocycles. The molecule has 2 heterocycles.